The average molecular weight is 343 g/mol. The minimum Gasteiger partial charge on any atom is -0.344 e. The summed E-state index contributed by atoms with van der Waals surface area (Å²) in [7, 11) is 1.76. The van der Waals surface area contributed by atoms with Gasteiger partial charge in [0.2, 0.25) is 11.8 Å². The number of amides is 2. The first-order valence-electron chi connectivity index (χ1n) is 8.30. The van der Waals surface area contributed by atoms with E-state index in [-0.39, 0.29) is 23.8 Å². The van der Waals surface area contributed by atoms with E-state index in [0.29, 0.717) is 0 Å². The van der Waals surface area contributed by atoms with Crippen LogP contribution in [-0.2, 0) is 9.59 Å². The van der Waals surface area contributed by atoms with Crippen molar-refractivity contribution in [3.63, 3.8) is 0 Å². The van der Waals surface area contributed by atoms with E-state index < -0.39 is 6.04 Å². The van der Waals surface area contributed by atoms with Crippen molar-refractivity contribution in [2.75, 3.05) is 7.05 Å². The van der Waals surface area contributed by atoms with Gasteiger partial charge in [0, 0.05) is 14.0 Å². The number of nitrogens with zero attached hydrogens (tertiary/aromatic N) is 4. The van der Waals surface area contributed by atoms with E-state index in [4.69, 9.17) is 0 Å². The third-order valence-corrected chi connectivity index (χ3v) is 4.28. The predicted molar refractivity (Wildman–Crippen MR) is 95.0 cm³/mol. The fraction of sp³-hybridized carbons (Fsp3) is 0.444. The largest absolute Gasteiger partial charge is 0.344 e. The number of hydrogen-bond acceptors (Lipinski definition) is 4. The number of aromatic nitrogens is 3. The van der Waals surface area contributed by atoms with E-state index >= 15 is 0 Å². The first-order valence-corrected chi connectivity index (χ1v) is 8.30. The smallest absolute Gasteiger partial charge is 0.245 e. The Labute approximate surface area is 148 Å². The average Bonchev–Trinajstić information content (AvgIpc) is 3.12. The molecule has 0 aliphatic rings. The first-order chi connectivity index (χ1) is 11.8. The van der Waals surface area contributed by atoms with Crippen molar-refractivity contribution in [1.29, 1.82) is 0 Å². The molecule has 0 aliphatic carbocycles. The normalized spacial score (nSPS) is 13.4. The van der Waals surface area contributed by atoms with Crippen molar-refractivity contribution in [3.8, 4) is 5.69 Å². The summed E-state index contributed by atoms with van der Waals surface area (Å²) < 4.78 is 1.68. The Morgan fingerprint density at radius 3 is 2.28 bits per heavy atom. The van der Waals surface area contributed by atoms with Gasteiger partial charge >= 0.3 is 0 Å². The lowest BCUT2D eigenvalue weighted by atomic mass is 10.0. The molecule has 2 rings (SSSR count). The van der Waals surface area contributed by atoms with Gasteiger partial charge in [0.25, 0.3) is 0 Å². The third kappa shape index (κ3) is 4.43. The van der Waals surface area contributed by atoms with Gasteiger partial charge in [-0.3, -0.25) is 9.59 Å². The number of hydrogen-bond donors (Lipinski definition) is 1. The molecule has 0 fully saturated rings. The molecule has 7 heteroatoms. The molecule has 0 bridgehead atoms. The van der Waals surface area contributed by atoms with Crippen LogP contribution in [0, 0.1) is 5.92 Å². The molecule has 1 heterocycles. The van der Waals surface area contributed by atoms with Crippen molar-refractivity contribution in [1.82, 2.24) is 25.0 Å². The van der Waals surface area contributed by atoms with Crippen molar-refractivity contribution >= 4 is 11.8 Å². The van der Waals surface area contributed by atoms with Gasteiger partial charge in [-0.1, -0.05) is 26.0 Å². The van der Waals surface area contributed by atoms with Crippen LogP contribution in [0.1, 0.15) is 39.3 Å². The molecule has 25 heavy (non-hydrogen) atoms. The zero-order chi connectivity index (χ0) is 18.6. The highest BCUT2D eigenvalue weighted by molar-refractivity contribution is 5.87. The van der Waals surface area contributed by atoms with Gasteiger partial charge in [-0.15, -0.1) is 0 Å². The molecule has 7 nitrogen and oxygen atoms in total. The van der Waals surface area contributed by atoms with E-state index in [0.717, 1.165) is 11.3 Å². The van der Waals surface area contributed by atoms with Crippen molar-refractivity contribution < 1.29 is 9.59 Å². The first kappa shape index (κ1) is 18.6. The SMILES string of the molecule is CC(=O)NC(C(=O)N(C)C(C)c1ccc(-n2cncn2)cc1)C(C)C. The Morgan fingerprint density at radius 1 is 1.16 bits per heavy atom. The van der Waals surface area contributed by atoms with Crippen molar-refractivity contribution in [2.24, 2.45) is 5.92 Å². The van der Waals surface area contributed by atoms with Crippen LogP contribution in [0.4, 0.5) is 0 Å². The molecular weight excluding hydrogens is 318 g/mol. The van der Waals surface area contributed by atoms with E-state index in [2.05, 4.69) is 15.4 Å². The maximum atomic E-state index is 12.8. The van der Waals surface area contributed by atoms with Gasteiger partial charge in [0.05, 0.1) is 11.7 Å². The van der Waals surface area contributed by atoms with Crippen LogP contribution in [0.5, 0.6) is 0 Å². The second-order valence-corrected chi connectivity index (χ2v) is 6.48. The zero-order valence-electron chi connectivity index (χ0n) is 15.3. The summed E-state index contributed by atoms with van der Waals surface area (Å²) in [6.07, 6.45) is 3.12. The molecule has 1 N–H and O–H groups in total. The monoisotopic (exact) mass is 343 g/mol. The van der Waals surface area contributed by atoms with Gasteiger partial charge < -0.3 is 10.2 Å². The molecule has 0 spiro atoms. The highest BCUT2D eigenvalue weighted by Gasteiger charge is 2.28. The minimum absolute atomic E-state index is 0.0146. The second-order valence-electron chi connectivity index (χ2n) is 6.48. The zero-order valence-corrected chi connectivity index (χ0v) is 15.3. The molecule has 2 aromatic rings. The Hall–Kier alpha value is -2.70. The van der Waals surface area contributed by atoms with Gasteiger partial charge in [-0.25, -0.2) is 9.67 Å². The number of carbonyl (C=O) groups is 2. The Bertz CT molecular complexity index is 710. The summed E-state index contributed by atoms with van der Waals surface area (Å²) in [4.78, 5) is 29.8. The highest BCUT2D eigenvalue weighted by atomic mass is 16.2. The number of likely N-dealkylation sites (N-methyl/N-ethyl adjacent to an activating group) is 1. The van der Waals surface area contributed by atoms with Gasteiger partial charge in [0.15, 0.2) is 0 Å². The predicted octanol–water partition coefficient (Wildman–Crippen LogP) is 1.95. The molecule has 0 radical (unpaired) electrons. The lowest BCUT2D eigenvalue weighted by Crippen LogP contribution is -2.50. The fourth-order valence-corrected chi connectivity index (χ4v) is 2.61. The standard InChI is InChI=1S/C18H25N5O2/c1-12(2)17(21-14(4)24)18(25)22(5)13(3)15-6-8-16(9-7-15)23-11-19-10-20-23/h6-13,17H,1-5H3,(H,21,24). The molecule has 0 aliphatic heterocycles. The fourth-order valence-electron chi connectivity index (χ4n) is 2.61. The van der Waals surface area contributed by atoms with Crippen LogP contribution in [0.2, 0.25) is 0 Å². The second kappa shape index (κ2) is 7.92. The molecule has 2 amide bonds. The molecule has 1 aromatic carbocycles. The molecule has 0 saturated carbocycles. The number of rotatable bonds is 6. The summed E-state index contributed by atoms with van der Waals surface area (Å²) in [5.41, 5.74) is 1.91. The van der Waals surface area contributed by atoms with Gasteiger partial charge in [0.1, 0.15) is 18.7 Å². The lowest BCUT2D eigenvalue weighted by Gasteiger charge is -2.31. The summed E-state index contributed by atoms with van der Waals surface area (Å²) in [6.45, 7) is 7.23. The molecule has 0 saturated heterocycles. The maximum absolute atomic E-state index is 12.8. The van der Waals surface area contributed by atoms with Crippen LogP contribution >= 0.6 is 0 Å². The van der Waals surface area contributed by atoms with E-state index in [1.807, 2.05) is 45.0 Å². The van der Waals surface area contributed by atoms with Gasteiger partial charge in [-0.05, 0) is 30.5 Å². The molecule has 2 unspecified atom stereocenters. The van der Waals surface area contributed by atoms with Crippen LogP contribution in [-0.4, -0.2) is 44.6 Å². The third-order valence-electron chi connectivity index (χ3n) is 4.28. The number of benzene rings is 1. The summed E-state index contributed by atoms with van der Waals surface area (Å²) in [6, 6.07) is 7.16. The Balaban J connectivity index is 2.13. The molecular formula is C18H25N5O2. The summed E-state index contributed by atoms with van der Waals surface area (Å²) in [5, 5.41) is 6.84. The van der Waals surface area contributed by atoms with Crippen molar-refractivity contribution in [3.05, 3.63) is 42.5 Å². The Morgan fingerprint density at radius 2 is 1.80 bits per heavy atom. The minimum atomic E-state index is -0.528. The van der Waals surface area contributed by atoms with Crippen molar-refractivity contribution in [2.45, 2.75) is 39.8 Å². The van der Waals surface area contributed by atoms with Crippen LogP contribution in [0.15, 0.2) is 36.9 Å². The number of carbonyl (C=O) groups excluding carboxylic acids is 2. The topological polar surface area (TPSA) is 80.1 Å². The lowest BCUT2D eigenvalue weighted by molar-refractivity contribution is -0.137. The maximum Gasteiger partial charge on any atom is 0.245 e. The van der Waals surface area contributed by atoms with Crippen LogP contribution in [0.25, 0.3) is 5.69 Å². The van der Waals surface area contributed by atoms with E-state index in [1.165, 1.54) is 13.3 Å². The summed E-state index contributed by atoms with van der Waals surface area (Å²) in [5.74, 6) is -0.288. The summed E-state index contributed by atoms with van der Waals surface area (Å²) >= 11 is 0. The molecule has 1 aromatic heterocycles. The molecule has 134 valence electrons. The quantitative estimate of drug-likeness (QED) is 0.869. The highest BCUT2D eigenvalue weighted by Crippen LogP contribution is 2.22. The van der Waals surface area contributed by atoms with Gasteiger partial charge in [-0.2, -0.15) is 5.10 Å². The Kier molecular flexibility index (Phi) is 5.90. The van der Waals surface area contributed by atoms with E-state index in [1.54, 1.807) is 23.0 Å². The molecule has 2 atom stereocenters. The van der Waals surface area contributed by atoms with E-state index in [9.17, 15) is 9.59 Å². The van der Waals surface area contributed by atoms with Crippen LogP contribution in [0.3, 0.4) is 0 Å². The van der Waals surface area contributed by atoms with Crippen LogP contribution < -0.4 is 5.32 Å². The number of nitrogens with one attached hydrogen (secondary N) is 1.